The molecule has 0 amide bonds. The number of benzene rings is 1. The highest BCUT2D eigenvalue weighted by atomic mass is 35.5. The highest BCUT2D eigenvalue weighted by molar-refractivity contribution is 6.69. The Morgan fingerprint density at radius 1 is 0.741 bits per heavy atom. The summed E-state index contributed by atoms with van der Waals surface area (Å²) in [6, 6.07) is 0. The van der Waals surface area contributed by atoms with E-state index >= 15 is 0 Å². The fraction of sp³-hybridized carbons (Fsp3) is 0.417. The Balaban J connectivity index is 3.06. The first-order chi connectivity index (χ1) is 11.8. The van der Waals surface area contributed by atoms with Crippen molar-refractivity contribution in [1.82, 2.24) is 0 Å². The van der Waals surface area contributed by atoms with E-state index < -0.39 is 48.5 Å². The zero-order chi connectivity index (χ0) is 21.5. The summed E-state index contributed by atoms with van der Waals surface area (Å²) in [6.07, 6.45) is 0. The van der Waals surface area contributed by atoms with E-state index in [1.807, 2.05) is 0 Å². The summed E-state index contributed by atoms with van der Waals surface area (Å²) < 4.78 is 0. The fourth-order valence-corrected chi connectivity index (χ4v) is 3.51. The lowest BCUT2D eigenvalue weighted by Gasteiger charge is -2.71. The van der Waals surface area contributed by atoms with Gasteiger partial charge in [-0.2, -0.15) is 0 Å². The molecule has 0 bridgehead atoms. The largest absolute Gasteiger partial charge is 0.393 e. The van der Waals surface area contributed by atoms with E-state index in [0.717, 1.165) is 0 Å². The molecule has 108 valence electrons. The van der Waals surface area contributed by atoms with Gasteiger partial charge in [-0.05, 0) is 5.56 Å². The van der Waals surface area contributed by atoms with E-state index in [1.54, 1.807) is 0 Å². The Hall–Kier alpha value is -0.186. The number of hydrogen-bond donors (Lipinski definition) is 2. The SMILES string of the molecule is [B]c1c([B])c([B])c(C2(N)C(=O)C([B])(O)C([B])([B])C([B])([B])C2([B])[B])c(Cl)c1[B]. The number of carbonyl (C=O) groups is 1. The third-order valence-corrected chi connectivity index (χ3v) is 5.74. The number of ketones is 1. The van der Waals surface area contributed by atoms with Crippen LogP contribution in [0.15, 0.2) is 0 Å². The predicted molar refractivity (Wildman–Crippen MR) is 117 cm³/mol. The summed E-state index contributed by atoms with van der Waals surface area (Å²) in [5.74, 6) is -1.48. The summed E-state index contributed by atoms with van der Waals surface area (Å²) in [4.78, 5) is 13.1. The average molecular weight is 348 g/mol. The van der Waals surface area contributed by atoms with E-state index in [2.05, 4.69) is 0 Å². The van der Waals surface area contributed by atoms with Crippen LogP contribution in [0, 0.1) is 0 Å². The Bertz CT molecular complexity index is 827. The van der Waals surface area contributed by atoms with Gasteiger partial charge in [-0.25, -0.2) is 0 Å². The molecule has 2 unspecified atom stereocenters. The highest BCUT2D eigenvalue weighted by Gasteiger charge is 2.70. The molecule has 0 aliphatic heterocycles. The Morgan fingerprint density at radius 3 is 1.59 bits per heavy atom. The first kappa shape index (κ1) is 23.1. The second-order valence-electron chi connectivity index (χ2n) is 6.85. The van der Waals surface area contributed by atoms with Crippen LogP contribution in [-0.4, -0.2) is 103 Å². The molecule has 1 fully saturated rings. The van der Waals surface area contributed by atoms with Crippen molar-refractivity contribution in [2.75, 3.05) is 0 Å². The van der Waals surface area contributed by atoms with Gasteiger partial charge < -0.3 is 10.8 Å². The molecule has 0 heterocycles. The smallest absolute Gasteiger partial charge is 0.177 e. The lowest BCUT2D eigenvalue weighted by atomic mass is 9.08. The van der Waals surface area contributed by atoms with Gasteiger partial charge in [-0.1, -0.05) is 33.0 Å². The molecule has 22 radical (unpaired) electrons. The molecule has 15 heteroatoms. The standard InChI is InChI=1S/C12H3B11ClNO2/c13-2-1(6(24)5(16)4(15)3(2)14)8(25)7(26)9(17,27)11(20,21)12(22,23)10(8,18)19/h27H,25H2. The van der Waals surface area contributed by atoms with Gasteiger partial charge in [0.15, 0.2) is 5.78 Å². The summed E-state index contributed by atoms with van der Waals surface area (Å²) in [7, 11) is 64.3. The monoisotopic (exact) mass is 349 g/mol. The molecule has 27 heavy (non-hydrogen) atoms. The van der Waals surface area contributed by atoms with Crippen LogP contribution >= 0.6 is 11.6 Å². The summed E-state index contributed by atoms with van der Waals surface area (Å²) in [6.45, 7) is 0. The van der Waals surface area contributed by atoms with Crippen molar-refractivity contribution in [2.24, 2.45) is 5.73 Å². The van der Waals surface area contributed by atoms with E-state index in [1.165, 1.54) is 0 Å². The minimum atomic E-state index is -3.12. The molecular formula is C12H3B11ClNO2. The van der Waals surface area contributed by atoms with Crippen molar-refractivity contribution in [2.45, 2.75) is 26.7 Å². The molecule has 0 spiro atoms. The average Bonchev–Trinajstić information content (AvgIpc) is 2.55. The van der Waals surface area contributed by atoms with Crippen LogP contribution in [-0.2, 0) is 10.3 Å². The molecular weight excluding hydrogens is 345 g/mol. The molecule has 1 aliphatic rings. The number of aliphatic hydroxyl groups is 1. The van der Waals surface area contributed by atoms with Crippen LogP contribution in [0.4, 0.5) is 0 Å². The first-order valence-corrected chi connectivity index (χ1v) is 7.71. The second kappa shape index (κ2) is 6.16. The Kier molecular flexibility index (Phi) is 5.27. The Morgan fingerprint density at radius 2 is 1.15 bits per heavy atom. The zero-order valence-corrected chi connectivity index (χ0v) is 14.9. The van der Waals surface area contributed by atoms with Crippen molar-refractivity contribution in [3.63, 3.8) is 0 Å². The number of Topliss-reactive ketones (excluding diaryl/α,β-unsaturated/α-hetero) is 1. The minimum absolute atomic E-state index is 0.186. The number of carbonyl (C=O) groups excluding carboxylic acids is 1. The van der Waals surface area contributed by atoms with Crippen LogP contribution in [0.25, 0.3) is 0 Å². The Labute approximate surface area is 178 Å². The number of halogens is 1. The highest BCUT2D eigenvalue weighted by Crippen LogP contribution is 2.70. The quantitative estimate of drug-likeness (QED) is 0.497. The number of rotatable bonds is 1. The van der Waals surface area contributed by atoms with Gasteiger partial charge in [0.1, 0.15) is 39.2 Å². The van der Waals surface area contributed by atoms with Gasteiger partial charge in [-0.3, -0.25) is 4.79 Å². The van der Waals surface area contributed by atoms with E-state index in [0.29, 0.717) is 0 Å². The minimum Gasteiger partial charge on any atom is -0.393 e. The van der Waals surface area contributed by atoms with Gasteiger partial charge in [0.05, 0.1) is 58.1 Å². The van der Waals surface area contributed by atoms with Crippen molar-refractivity contribution in [1.29, 1.82) is 0 Å². The summed E-state index contributed by atoms with van der Waals surface area (Å²) in [5, 5.41) is 2.10. The van der Waals surface area contributed by atoms with E-state index in [-0.39, 0.29) is 16.4 Å². The first-order valence-electron chi connectivity index (χ1n) is 7.33. The van der Waals surface area contributed by atoms with Gasteiger partial charge in [0.25, 0.3) is 0 Å². The zero-order valence-electron chi connectivity index (χ0n) is 14.2. The van der Waals surface area contributed by atoms with Crippen molar-refractivity contribution >= 4 is 126 Å². The van der Waals surface area contributed by atoms with Gasteiger partial charge in [-0.15, -0.1) is 16.1 Å². The maximum Gasteiger partial charge on any atom is 0.177 e. The van der Waals surface area contributed by atoms with Crippen LogP contribution in [0.5, 0.6) is 0 Å². The van der Waals surface area contributed by atoms with E-state index in [9.17, 15) is 9.90 Å². The maximum absolute atomic E-state index is 13.1. The van der Waals surface area contributed by atoms with Crippen LogP contribution < -0.4 is 27.6 Å². The summed E-state index contributed by atoms with van der Waals surface area (Å²) in [5.41, 5.74) is -1.27. The van der Waals surface area contributed by atoms with Crippen molar-refractivity contribution < 1.29 is 9.90 Å². The number of hydrogen-bond acceptors (Lipinski definition) is 3. The van der Waals surface area contributed by atoms with Crippen LogP contribution in [0.1, 0.15) is 5.56 Å². The molecule has 1 aromatic rings. The topological polar surface area (TPSA) is 63.3 Å². The molecule has 2 atom stereocenters. The van der Waals surface area contributed by atoms with Gasteiger partial charge in [0, 0.05) is 5.02 Å². The normalized spacial score (nSPS) is 31.4. The van der Waals surface area contributed by atoms with Crippen LogP contribution in [0.3, 0.4) is 0 Å². The van der Waals surface area contributed by atoms with Gasteiger partial charge >= 0.3 is 0 Å². The lowest BCUT2D eigenvalue weighted by Crippen LogP contribution is -2.77. The summed E-state index contributed by atoms with van der Waals surface area (Å²) >= 11 is 6.20. The van der Waals surface area contributed by atoms with Crippen molar-refractivity contribution in [3.8, 4) is 0 Å². The molecule has 2 rings (SSSR count). The maximum atomic E-state index is 13.1. The molecule has 1 aliphatic carbocycles. The third kappa shape index (κ3) is 2.42. The lowest BCUT2D eigenvalue weighted by molar-refractivity contribution is -0.142. The molecule has 1 aromatic carbocycles. The molecule has 3 N–H and O–H groups in total. The predicted octanol–water partition coefficient (Wildman–Crippen LogP) is -6.53. The molecule has 3 nitrogen and oxygen atoms in total. The third-order valence-electron chi connectivity index (χ3n) is 5.35. The number of nitrogens with two attached hydrogens (primary N) is 1. The fourth-order valence-electron chi connectivity index (χ4n) is 3.16. The molecule has 1 saturated carbocycles. The molecule has 0 saturated heterocycles. The van der Waals surface area contributed by atoms with Crippen molar-refractivity contribution in [3.05, 3.63) is 10.6 Å². The van der Waals surface area contributed by atoms with Gasteiger partial charge in [0.2, 0.25) is 0 Å². The molecule has 0 aromatic heterocycles. The second-order valence-corrected chi connectivity index (χ2v) is 7.23. The van der Waals surface area contributed by atoms with Crippen LogP contribution in [0.2, 0.25) is 20.7 Å². The van der Waals surface area contributed by atoms with E-state index in [4.69, 9.17) is 104 Å².